The molecule has 1 aliphatic rings. The number of carbonyl (C=O) groups excluding carboxylic acids is 2. The number of nitrogens with one attached hydrogen (secondary N) is 1. The topological polar surface area (TPSA) is 114 Å². The van der Waals surface area contributed by atoms with Crippen LogP contribution in [0.25, 0.3) is 0 Å². The fraction of sp³-hybridized carbons (Fsp3) is 0.375. The van der Waals surface area contributed by atoms with Gasteiger partial charge in [-0.15, -0.1) is 0 Å². The summed E-state index contributed by atoms with van der Waals surface area (Å²) < 4.78 is 18.2. The highest BCUT2D eigenvalue weighted by Crippen LogP contribution is 2.47. The van der Waals surface area contributed by atoms with Gasteiger partial charge < -0.3 is 29.7 Å². The third kappa shape index (κ3) is 8.40. The van der Waals surface area contributed by atoms with Crippen molar-refractivity contribution in [3.05, 3.63) is 107 Å². The highest BCUT2D eigenvalue weighted by Gasteiger charge is 2.41. The van der Waals surface area contributed by atoms with Crippen LogP contribution < -0.4 is 5.32 Å². The maximum Gasteiger partial charge on any atom is 0.303 e. The number of aliphatic hydroxyl groups is 2. The van der Waals surface area contributed by atoms with Crippen LogP contribution in [0.2, 0.25) is 0 Å². The van der Waals surface area contributed by atoms with Crippen LogP contribution in [-0.2, 0) is 37.0 Å². The Hall–Kier alpha value is -3.21. The molecule has 0 aromatic heterocycles. The lowest BCUT2D eigenvalue weighted by Gasteiger charge is -2.43. The van der Waals surface area contributed by atoms with Gasteiger partial charge in [0.1, 0.15) is 0 Å². The number of esters is 1. The number of hydrogen-bond donors (Lipinski definition) is 3. The van der Waals surface area contributed by atoms with E-state index in [1.165, 1.54) is 13.8 Å². The molecule has 0 spiro atoms. The van der Waals surface area contributed by atoms with Crippen LogP contribution in [-0.4, -0.2) is 52.4 Å². The highest BCUT2D eigenvalue weighted by molar-refractivity contribution is 7.99. The van der Waals surface area contributed by atoms with Gasteiger partial charge >= 0.3 is 5.97 Å². The van der Waals surface area contributed by atoms with Crippen molar-refractivity contribution in [3.8, 4) is 0 Å². The molecule has 5 atom stereocenters. The van der Waals surface area contributed by atoms with E-state index in [9.17, 15) is 19.8 Å². The summed E-state index contributed by atoms with van der Waals surface area (Å²) in [6, 6.07) is 25.6. The van der Waals surface area contributed by atoms with Crippen LogP contribution in [0.4, 0.5) is 0 Å². The summed E-state index contributed by atoms with van der Waals surface area (Å²) in [7, 11) is 0. The number of ether oxygens (including phenoxy) is 3. The molecule has 218 valence electrons. The highest BCUT2D eigenvalue weighted by atomic mass is 32.2. The summed E-state index contributed by atoms with van der Waals surface area (Å²) >= 11 is 1.64. The van der Waals surface area contributed by atoms with Crippen molar-refractivity contribution in [1.82, 2.24) is 5.32 Å². The summed E-state index contributed by atoms with van der Waals surface area (Å²) in [5.74, 6) is 0.324. The lowest BCUT2D eigenvalue weighted by molar-refractivity contribution is -0.255. The van der Waals surface area contributed by atoms with E-state index in [-0.39, 0.29) is 43.8 Å². The summed E-state index contributed by atoms with van der Waals surface area (Å²) in [5, 5.41) is 21.7. The Bertz CT molecular complexity index is 1250. The first-order valence-electron chi connectivity index (χ1n) is 13.7. The maximum atomic E-state index is 12.2. The summed E-state index contributed by atoms with van der Waals surface area (Å²) in [6.07, 6.45) is -2.01. The molecule has 0 aliphatic carbocycles. The monoisotopic (exact) mass is 579 g/mol. The average Bonchev–Trinajstić information content (AvgIpc) is 3.00. The molecular weight excluding hydrogens is 542 g/mol. The first-order valence-corrected chi connectivity index (χ1v) is 14.8. The van der Waals surface area contributed by atoms with Gasteiger partial charge in [0.15, 0.2) is 12.4 Å². The normalized spacial score (nSPS) is 21.2. The van der Waals surface area contributed by atoms with Crippen LogP contribution in [0.3, 0.4) is 0 Å². The number of thioether (sulfide) groups is 1. The molecular formula is C32H37NO7S. The standard InChI is InChI=1S/C32H37NO7S/c1-21(38-22(2)36)31(37)33-18-23-8-14-27(15-9-23)32-39-28(20-41-17-16-34)29(25-6-4-3-5-7-25)30(40-32)26-12-10-24(19-35)11-13-26/h3-15,21,28-30,32,34-35H,16-20H2,1-2H3,(H,33,37). The molecule has 9 heteroatoms. The molecule has 1 fully saturated rings. The van der Waals surface area contributed by atoms with Crippen molar-refractivity contribution in [2.45, 2.75) is 57.5 Å². The van der Waals surface area contributed by atoms with Crippen molar-refractivity contribution in [2.75, 3.05) is 18.1 Å². The third-order valence-corrected chi connectivity index (χ3v) is 7.95. The number of rotatable bonds is 12. The second-order valence-corrected chi connectivity index (χ2v) is 11.1. The van der Waals surface area contributed by atoms with Gasteiger partial charge in [-0.3, -0.25) is 9.59 Å². The number of aliphatic hydroxyl groups excluding tert-OH is 2. The van der Waals surface area contributed by atoms with Gasteiger partial charge in [-0.1, -0.05) is 78.9 Å². The van der Waals surface area contributed by atoms with Gasteiger partial charge in [-0.2, -0.15) is 11.8 Å². The summed E-state index contributed by atoms with van der Waals surface area (Å²) in [4.78, 5) is 23.3. The van der Waals surface area contributed by atoms with Crippen molar-refractivity contribution < 1.29 is 34.0 Å². The Morgan fingerprint density at radius 1 is 0.902 bits per heavy atom. The van der Waals surface area contributed by atoms with Crippen LogP contribution in [0.15, 0.2) is 78.9 Å². The predicted octanol–water partition coefficient (Wildman–Crippen LogP) is 4.41. The van der Waals surface area contributed by atoms with E-state index in [0.717, 1.165) is 27.8 Å². The first-order chi connectivity index (χ1) is 19.9. The molecule has 3 aromatic rings. The van der Waals surface area contributed by atoms with E-state index in [1.54, 1.807) is 11.8 Å². The fourth-order valence-corrected chi connectivity index (χ4v) is 5.66. The Labute approximate surface area is 245 Å². The largest absolute Gasteiger partial charge is 0.453 e. The predicted molar refractivity (Wildman–Crippen MR) is 157 cm³/mol. The van der Waals surface area contributed by atoms with Gasteiger partial charge in [0.25, 0.3) is 5.91 Å². The smallest absolute Gasteiger partial charge is 0.303 e. The van der Waals surface area contributed by atoms with Gasteiger partial charge in [0.05, 0.1) is 25.4 Å². The van der Waals surface area contributed by atoms with Crippen molar-refractivity contribution in [3.63, 3.8) is 0 Å². The second kappa shape index (κ2) is 15.1. The average molecular weight is 580 g/mol. The summed E-state index contributed by atoms with van der Waals surface area (Å²) in [6.45, 7) is 3.15. The minimum absolute atomic E-state index is 0.0322. The van der Waals surface area contributed by atoms with E-state index < -0.39 is 18.4 Å². The molecule has 1 aliphatic heterocycles. The second-order valence-electron chi connectivity index (χ2n) is 9.91. The molecule has 3 aromatic carbocycles. The molecule has 1 saturated heterocycles. The molecule has 1 heterocycles. The minimum Gasteiger partial charge on any atom is -0.453 e. The van der Waals surface area contributed by atoms with Crippen molar-refractivity contribution >= 4 is 23.6 Å². The van der Waals surface area contributed by atoms with E-state index in [1.807, 2.05) is 66.7 Å². The van der Waals surface area contributed by atoms with E-state index >= 15 is 0 Å². The van der Waals surface area contributed by atoms with Crippen molar-refractivity contribution in [1.29, 1.82) is 0 Å². The van der Waals surface area contributed by atoms with E-state index in [4.69, 9.17) is 14.2 Å². The number of carbonyl (C=O) groups is 2. The molecule has 0 bridgehead atoms. The maximum absolute atomic E-state index is 12.2. The third-order valence-electron chi connectivity index (χ3n) is 6.92. The molecule has 8 nitrogen and oxygen atoms in total. The van der Waals surface area contributed by atoms with E-state index in [0.29, 0.717) is 11.5 Å². The quantitative estimate of drug-likeness (QED) is 0.214. The number of amides is 1. The zero-order chi connectivity index (χ0) is 29.2. The van der Waals surface area contributed by atoms with Crippen LogP contribution >= 0.6 is 11.8 Å². The Morgan fingerprint density at radius 2 is 1.56 bits per heavy atom. The Morgan fingerprint density at radius 3 is 2.20 bits per heavy atom. The van der Waals surface area contributed by atoms with Gasteiger partial charge in [0, 0.05) is 36.5 Å². The van der Waals surface area contributed by atoms with Crippen molar-refractivity contribution in [2.24, 2.45) is 0 Å². The zero-order valence-electron chi connectivity index (χ0n) is 23.3. The fourth-order valence-electron chi connectivity index (χ4n) is 4.84. The zero-order valence-corrected chi connectivity index (χ0v) is 24.1. The van der Waals surface area contributed by atoms with Gasteiger partial charge in [-0.05, 0) is 29.2 Å². The SMILES string of the molecule is CC(=O)OC(C)C(=O)NCc1ccc(C2OC(CSCCO)C(c3ccccc3)C(c3ccc(CO)cc3)O2)cc1. The minimum atomic E-state index is -0.864. The molecule has 0 saturated carbocycles. The number of benzene rings is 3. The summed E-state index contributed by atoms with van der Waals surface area (Å²) in [5.41, 5.74) is 4.64. The molecule has 41 heavy (non-hydrogen) atoms. The molecule has 5 unspecified atom stereocenters. The lowest BCUT2D eigenvalue weighted by Crippen LogP contribution is -2.38. The lowest BCUT2D eigenvalue weighted by atomic mass is 9.84. The molecule has 4 rings (SSSR count). The number of hydrogen-bond acceptors (Lipinski definition) is 8. The Balaban J connectivity index is 1.57. The molecule has 1 amide bonds. The van der Waals surface area contributed by atoms with E-state index in [2.05, 4.69) is 17.4 Å². The van der Waals surface area contributed by atoms with Gasteiger partial charge in [-0.25, -0.2) is 0 Å². The molecule has 3 N–H and O–H groups in total. The molecule has 0 radical (unpaired) electrons. The van der Waals surface area contributed by atoms with Crippen LogP contribution in [0.1, 0.15) is 60.0 Å². The van der Waals surface area contributed by atoms with Crippen LogP contribution in [0, 0.1) is 0 Å². The van der Waals surface area contributed by atoms with Gasteiger partial charge in [0.2, 0.25) is 0 Å². The Kier molecular flexibility index (Phi) is 11.4. The first kappa shape index (κ1) is 30.7. The van der Waals surface area contributed by atoms with Crippen LogP contribution in [0.5, 0.6) is 0 Å².